The summed E-state index contributed by atoms with van der Waals surface area (Å²) in [7, 11) is 1.34. The SMILES string of the molecule is COC(=O)[C@H](CCNCc1ccccc1)[C@@H](C)O. The van der Waals surface area contributed by atoms with Gasteiger partial charge in [0.1, 0.15) is 0 Å². The van der Waals surface area contributed by atoms with E-state index < -0.39 is 12.0 Å². The second kappa shape index (κ2) is 7.84. The van der Waals surface area contributed by atoms with Gasteiger partial charge in [-0.05, 0) is 25.5 Å². The van der Waals surface area contributed by atoms with E-state index in [9.17, 15) is 9.90 Å². The van der Waals surface area contributed by atoms with Gasteiger partial charge in [0.2, 0.25) is 0 Å². The summed E-state index contributed by atoms with van der Waals surface area (Å²) in [6.07, 6.45) is -0.118. The first kappa shape index (κ1) is 14.7. The number of ether oxygens (including phenoxy) is 1. The average molecular weight is 251 g/mol. The Kier molecular flexibility index (Phi) is 6.39. The van der Waals surface area contributed by atoms with E-state index in [2.05, 4.69) is 10.1 Å². The van der Waals surface area contributed by atoms with Gasteiger partial charge in [-0.3, -0.25) is 4.79 Å². The van der Waals surface area contributed by atoms with E-state index in [-0.39, 0.29) is 5.97 Å². The summed E-state index contributed by atoms with van der Waals surface area (Å²) in [6, 6.07) is 10.0. The molecule has 0 spiro atoms. The molecule has 0 saturated carbocycles. The van der Waals surface area contributed by atoms with Gasteiger partial charge in [-0.2, -0.15) is 0 Å². The number of aliphatic hydroxyl groups excluding tert-OH is 1. The van der Waals surface area contributed by atoms with Gasteiger partial charge >= 0.3 is 5.97 Å². The van der Waals surface area contributed by atoms with Gasteiger partial charge in [0.05, 0.1) is 19.1 Å². The lowest BCUT2D eigenvalue weighted by atomic mass is 10.00. The van der Waals surface area contributed by atoms with E-state index in [1.807, 2.05) is 30.3 Å². The third-order valence-corrected chi connectivity index (χ3v) is 2.89. The zero-order valence-corrected chi connectivity index (χ0v) is 10.9. The van der Waals surface area contributed by atoms with Crippen LogP contribution >= 0.6 is 0 Å². The van der Waals surface area contributed by atoms with Crippen molar-refractivity contribution in [2.45, 2.75) is 26.0 Å². The molecule has 2 atom stereocenters. The molecule has 0 amide bonds. The van der Waals surface area contributed by atoms with Gasteiger partial charge < -0.3 is 15.2 Å². The van der Waals surface area contributed by atoms with Gasteiger partial charge in [-0.15, -0.1) is 0 Å². The quantitative estimate of drug-likeness (QED) is 0.567. The molecule has 4 nitrogen and oxygen atoms in total. The highest BCUT2D eigenvalue weighted by Crippen LogP contribution is 2.10. The van der Waals surface area contributed by atoms with Crippen molar-refractivity contribution < 1.29 is 14.6 Å². The van der Waals surface area contributed by atoms with Crippen LogP contribution in [0, 0.1) is 5.92 Å². The molecule has 0 radical (unpaired) electrons. The van der Waals surface area contributed by atoms with Crippen LogP contribution in [0.15, 0.2) is 30.3 Å². The second-order valence-electron chi connectivity index (χ2n) is 4.32. The van der Waals surface area contributed by atoms with Gasteiger partial charge in [-0.1, -0.05) is 30.3 Å². The molecule has 2 N–H and O–H groups in total. The van der Waals surface area contributed by atoms with Crippen LogP contribution in [0.4, 0.5) is 0 Å². The number of methoxy groups -OCH3 is 1. The normalized spacial score (nSPS) is 13.9. The fourth-order valence-electron chi connectivity index (χ4n) is 1.79. The number of benzene rings is 1. The lowest BCUT2D eigenvalue weighted by Crippen LogP contribution is -2.30. The van der Waals surface area contributed by atoms with E-state index in [0.717, 1.165) is 6.54 Å². The molecular formula is C14H21NO3. The Morgan fingerprint density at radius 1 is 1.39 bits per heavy atom. The maximum atomic E-state index is 11.4. The van der Waals surface area contributed by atoms with E-state index in [1.54, 1.807) is 6.92 Å². The molecule has 1 aromatic rings. The highest BCUT2D eigenvalue weighted by molar-refractivity contribution is 5.72. The molecule has 0 fully saturated rings. The number of carbonyl (C=O) groups is 1. The highest BCUT2D eigenvalue weighted by Gasteiger charge is 2.23. The Labute approximate surface area is 108 Å². The number of esters is 1. The smallest absolute Gasteiger partial charge is 0.311 e. The lowest BCUT2D eigenvalue weighted by molar-refractivity contribution is -0.149. The largest absolute Gasteiger partial charge is 0.469 e. The molecule has 1 aromatic carbocycles. The Bertz CT molecular complexity index is 351. The maximum Gasteiger partial charge on any atom is 0.311 e. The molecule has 0 heterocycles. The highest BCUT2D eigenvalue weighted by atomic mass is 16.5. The molecule has 1 rings (SSSR count). The number of hydrogen-bond donors (Lipinski definition) is 2. The Morgan fingerprint density at radius 3 is 2.61 bits per heavy atom. The van der Waals surface area contributed by atoms with Crippen molar-refractivity contribution in [2.75, 3.05) is 13.7 Å². The number of carbonyl (C=O) groups excluding carboxylic acids is 1. The number of rotatable bonds is 7. The molecule has 0 saturated heterocycles. The van der Waals surface area contributed by atoms with Crippen molar-refractivity contribution in [3.05, 3.63) is 35.9 Å². The Hall–Kier alpha value is -1.39. The summed E-state index contributed by atoms with van der Waals surface area (Å²) in [4.78, 5) is 11.4. The summed E-state index contributed by atoms with van der Waals surface area (Å²) in [6.45, 7) is 3.03. The van der Waals surface area contributed by atoms with Crippen molar-refractivity contribution in [1.29, 1.82) is 0 Å². The number of hydrogen-bond acceptors (Lipinski definition) is 4. The average Bonchev–Trinajstić information content (AvgIpc) is 2.38. The Balaban J connectivity index is 2.29. The Morgan fingerprint density at radius 2 is 2.06 bits per heavy atom. The van der Waals surface area contributed by atoms with E-state index in [1.165, 1.54) is 12.7 Å². The molecule has 4 heteroatoms. The molecule has 100 valence electrons. The molecule has 0 aromatic heterocycles. The summed E-state index contributed by atoms with van der Waals surface area (Å²) in [5.41, 5.74) is 1.20. The van der Waals surface area contributed by atoms with Crippen LogP contribution in [-0.4, -0.2) is 30.8 Å². The predicted octanol–water partition coefficient (Wildman–Crippen LogP) is 1.34. The molecule has 0 aliphatic heterocycles. The fourth-order valence-corrected chi connectivity index (χ4v) is 1.79. The van der Waals surface area contributed by atoms with Crippen molar-refractivity contribution in [3.63, 3.8) is 0 Å². The van der Waals surface area contributed by atoms with Crippen molar-refractivity contribution >= 4 is 5.97 Å². The minimum Gasteiger partial charge on any atom is -0.469 e. The fraction of sp³-hybridized carbons (Fsp3) is 0.500. The van der Waals surface area contributed by atoms with Crippen LogP contribution in [-0.2, 0) is 16.1 Å². The summed E-state index contributed by atoms with van der Waals surface area (Å²) >= 11 is 0. The summed E-state index contributed by atoms with van der Waals surface area (Å²) in [5.74, 6) is -0.815. The molecule has 0 bridgehead atoms. The number of nitrogens with one attached hydrogen (secondary N) is 1. The third kappa shape index (κ3) is 4.85. The van der Waals surface area contributed by atoms with Gasteiger partial charge in [0, 0.05) is 6.54 Å². The van der Waals surface area contributed by atoms with Crippen LogP contribution in [0.25, 0.3) is 0 Å². The number of aliphatic hydroxyl groups is 1. The third-order valence-electron chi connectivity index (χ3n) is 2.89. The second-order valence-corrected chi connectivity index (χ2v) is 4.32. The summed E-state index contributed by atoms with van der Waals surface area (Å²) < 4.78 is 4.66. The molecular weight excluding hydrogens is 230 g/mol. The van der Waals surface area contributed by atoms with Crippen LogP contribution < -0.4 is 5.32 Å². The first-order chi connectivity index (χ1) is 8.65. The van der Waals surface area contributed by atoms with Crippen molar-refractivity contribution in [2.24, 2.45) is 5.92 Å². The molecule has 0 unspecified atom stereocenters. The van der Waals surface area contributed by atoms with Crippen LogP contribution in [0.3, 0.4) is 0 Å². The van der Waals surface area contributed by atoms with Crippen LogP contribution in [0.5, 0.6) is 0 Å². The summed E-state index contributed by atoms with van der Waals surface area (Å²) in [5, 5.41) is 12.7. The van der Waals surface area contributed by atoms with Crippen molar-refractivity contribution in [3.8, 4) is 0 Å². The standard InChI is InChI=1S/C14H21NO3/c1-11(16)13(14(17)18-2)8-9-15-10-12-6-4-3-5-7-12/h3-7,11,13,15-16H,8-10H2,1-2H3/t11-,13-/m1/s1. The monoisotopic (exact) mass is 251 g/mol. The van der Waals surface area contributed by atoms with Crippen LogP contribution in [0.2, 0.25) is 0 Å². The topological polar surface area (TPSA) is 58.6 Å². The predicted molar refractivity (Wildman–Crippen MR) is 70.0 cm³/mol. The minimum absolute atomic E-state index is 0.355. The first-order valence-corrected chi connectivity index (χ1v) is 6.15. The molecule has 0 aliphatic rings. The van der Waals surface area contributed by atoms with E-state index in [0.29, 0.717) is 13.0 Å². The molecule has 18 heavy (non-hydrogen) atoms. The van der Waals surface area contributed by atoms with E-state index >= 15 is 0 Å². The van der Waals surface area contributed by atoms with Gasteiger partial charge in [0.25, 0.3) is 0 Å². The van der Waals surface area contributed by atoms with Gasteiger partial charge in [0.15, 0.2) is 0 Å². The first-order valence-electron chi connectivity index (χ1n) is 6.15. The lowest BCUT2D eigenvalue weighted by Gasteiger charge is -2.17. The van der Waals surface area contributed by atoms with Crippen molar-refractivity contribution in [1.82, 2.24) is 5.32 Å². The zero-order valence-electron chi connectivity index (χ0n) is 10.9. The maximum absolute atomic E-state index is 11.4. The van der Waals surface area contributed by atoms with E-state index in [4.69, 9.17) is 0 Å². The minimum atomic E-state index is -0.684. The van der Waals surface area contributed by atoms with Crippen LogP contribution in [0.1, 0.15) is 18.9 Å². The molecule has 0 aliphatic carbocycles. The van der Waals surface area contributed by atoms with Gasteiger partial charge in [-0.25, -0.2) is 0 Å². The zero-order chi connectivity index (χ0) is 13.4.